The maximum atomic E-state index is 11.7. The average Bonchev–Trinajstić information content (AvgIpc) is 2.27. The van der Waals surface area contributed by atoms with E-state index >= 15 is 0 Å². The van der Waals surface area contributed by atoms with Crippen LogP contribution in [0.2, 0.25) is 0 Å². The molecule has 4 N–H and O–H groups in total. The number of hydrogen-bond acceptors (Lipinski definition) is 3. The van der Waals surface area contributed by atoms with Crippen molar-refractivity contribution in [2.75, 3.05) is 11.4 Å². The largest absolute Gasteiger partial charge is 0.369 e. The molecule has 0 aromatic carbocycles. The Kier molecular flexibility index (Phi) is 4.26. The summed E-state index contributed by atoms with van der Waals surface area (Å²) in [6.07, 6.45) is 2.36. The van der Waals surface area contributed by atoms with Crippen molar-refractivity contribution in [2.45, 2.75) is 13.3 Å². The van der Waals surface area contributed by atoms with Crippen molar-refractivity contribution in [1.29, 1.82) is 5.41 Å². The van der Waals surface area contributed by atoms with Gasteiger partial charge in [-0.25, -0.2) is 14.7 Å². The van der Waals surface area contributed by atoms with Crippen LogP contribution in [-0.2, 0) is 0 Å². The highest BCUT2D eigenvalue weighted by Crippen LogP contribution is 2.08. The number of pyridine rings is 1. The third-order valence-electron chi connectivity index (χ3n) is 1.85. The normalized spacial score (nSPS) is 9.56. The fourth-order valence-electron chi connectivity index (χ4n) is 1.13. The van der Waals surface area contributed by atoms with Gasteiger partial charge in [0.05, 0.1) is 0 Å². The smallest absolute Gasteiger partial charge is 0.330 e. The van der Waals surface area contributed by atoms with E-state index in [0.717, 1.165) is 11.3 Å². The molecule has 0 aliphatic heterocycles. The lowest BCUT2D eigenvalue weighted by molar-refractivity contribution is 0.249. The molecule has 0 saturated heterocycles. The molecule has 1 aromatic rings. The van der Waals surface area contributed by atoms with Crippen molar-refractivity contribution in [3.63, 3.8) is 0 Å². The highest BCUT2D eigenvalue weighted by Gasteiger charge is 2.18. The summed E-state index contributed by atoms with van der Waals surface area (Å²) in [5.74, 6) is -0.0177. The Balaban J connectivity index is 2.84. The first-order chi connectivity index (χ1) is 7.66. The first kappa shape index (κ1) is 12.0. The molecule has 0 aliphatic rings. The first-order valence-electron chi connectivity index (χ1n) is 4.99. The molecule has 0 bridgehead atoms. The molecule has 0 atom stereocenters. The molecule has 0 spiro atoms. The molecule has 2 amide bonds. The number of aromatic nitrogens is 1. The van der Waals surface area contributed by atoms with Gasteiger partial charge in [0.25, 0.3) is 0 Å². The number of guanidine groups is 1. The van der Waals surface area contributed by atoms with Gasteiger partial charge in [0.15, 0.2) is 0 Å². The van der Waals surface area contributed by atoms with E-state index in [-0.39, 0.29) is 5.96 Å². The maximum absolute atomic E-state index is 11.7. The second-order valence-electron chi connectivity index (χ2n) is 3.14. The zero-order chi connectivity index (χ0) is 12.0. The summed E-state index contributed by atoms with van der Waals surface area (Å²) in [5.41, 5.74) is 5.35. The molecule has 0 radical (unpaired) electrons. The number of nitrogens with one attached hydrogen (secondary N) is 2. The summed E-state index contributed by atoms with van der Waals surface area (Å²) in [6, 6.07) is 4.64. The van der Waals surface area contributed by atoms with Crippen LogP contribution in [0.15, 0.2) is 24.4 Å². The molecular formula is C10H15N5O. The molecule has 1 rings (SSSR count). The average molecular weight is 221 g/mol. The zero-order valence-electron chi connectivity index (χ0n) is 9.10. The molecule has 6 nitrogen and oxygen atoms in total. The Bertz CT molecular complexity index is 365. The molecule has 6 heteroatoms. The van der Waals surface area contributed by atoms with Crippen molar-refractivity contribution >= 4 is 17.8 Å². The van der Waals surface area contributed by atoms with Gasteiger partial charge in [-0.15, -0.1) is 0 Å². The van der Waals surface area contributed by atoms with E-state index in [2.05, 4.69) is 10.3 Å². The monoisotopic (exact) mass is 221 g/mol. The molecule has 0 saturated carbocycles. The second-order valence-corrected chi connectivity index (χ2v) is 3.14. The second kappa shape index (κ2) is 5.69. The van der Waals surface area contributed by atoms with E-state index in [0.29, 0.717) is 12.4 Å². The number of amides is 2. The molecule has 1 heterocycles. The topological polar surface area (TPSA) is 95.1 Å². The third-order valence-corrected chi connectivity index (χ3v) is 1.85. The first-order valence-corrected chi connectivity index (χ1v) is 4.99. The molecule has 1 aromatic heterocycles. The lowest BCUT2D eigenvalue weighted by Crippen LogP contribution is -2.47. The summed E-state index contributed by atoms with van der Waals surface area (Å²) >= 11 is 0. The Morgan fingerprint density at radius 2 is 2.38 bits per heavy atom. The SMILES string of the molecule is CCCNC(=O)N(C(=N)N)c1ccccn1. The van der Waals surface area contributed by atoms with E-state index in [9.17, 15) is 4.79 Å². The van der Waals surface area contributed by atoms with Gasteiger partial charge in [0.2, 0.25) is 5.96 Å². The van der Waals surface area contributed by atoms with Gasteiger partial charge >= 0.3 is 6.03 Å². The summed E-state index contributed by atoms with van der Waals surface area (Å²) < 4.78 is 0. The number of nitrogens with zero attached hydrogens (tertiary/aromatic N) is 2. The molecule has 0 aliphatic carbocycles. The Morgan fingerprint density at radius 3 is 2.88 bits per heavy atom. The number of nitrogens with two attached hydrogens (primary N) is 1. The fraction of sp³-hybridized carbons (Fsp3) is 0.300. The van der Waals surface area contributed by atoms with Crippen LogP contribution in [0.1, 0.15) is 13.3 Å². The number of anilines is 1. The van der Waals surface area contributed by atoms with Gasteiger partial charge in [-0.1, -0.05) is 13.0 Å². The van der Waals surface area contributed by atoms with Gasteiger partial charge in [-0.2, -0.15) is 0 Å². The van der Waals surface area contributed by atoms with Crippen LogP contribution in [0.5, 0.6) is 0 Å². The van der Waals surface area contributed by atoms with Crippen LogP contribution in [0.25, 0.3) is 0 Å². The predicted molar refractivity (Wildman–Crippen MR) is 62.3 cm³/mol. The molecule has 86 valence electrons. The van der Waals surface area contributed by atoms with Gasteiger partial charge in [-0.05, 0) is 18.6 Å². The van der Waals surface area contributed by atoms with Crippen molar-refractivity contribution < 1.29 is 4.79 Å². The lowest BCUT2D eigenvalue weighted by atomic mass is 10.4. The van der Waals surface area contributed by atoms with Crippen molar-refractivity contribution in [2.24, 2.45) is 5.73 Å². The molecule has 0 unspecified atom stereocenters. The maximum Gasteiger partial charge on any atom is 0.330 e. The summed E-state index contributed by atoms with van der Waals surface area (Å²) in [5, 5.41) is 10.00. The molecular weight excluding hydrogens is 206 g/mol. The predicted octanol–water partition coefficient (Wildman–Crippen LogP) is 0.901. The van der Waals surface area contributed by atoms with Crippen LogP contribution in [0.4, 0.5) is 10.6 Å². The van der Waals surface area contributed by atoms with Crippen LogP contribution in [0, 0.1) is 5.41 Å². The minimum Gasteiger partial charge on any atom is -0.369 e. The summed E-state index contributed by atoms with van der Waals surface area (Å²) in [7, 11) is 0. The fourth-order valence-corrected chi connectivity index (χ4v) is 1.13. The molecule has 16 heavy (non-hydrogen) atoms. The quantitative estimate of drug-likeness (QED) is 0.522. The van der Waals surface area contributed by atoms with Crippen LogP contribution < -0.4 is 16.0 Å². The number of carbonyl (C=O) groups is 1. The highest BCUT2D eigenvalue weighted by molar-refractivity contribution is 6.13. The highest BCUT2D eigenvalue weighted by atomic mass is 16.2. The summed E-state index contributed by atoms with van der Waals surface area (Å²) in [6.45, 7) is 2.48. The van der Waals surface area contributed by atoms with Crippen LogP contribution >= 0.6 is 0 Å². The van der Waals surface area contributed by atoms with E-state index in [1.807, 2.05) is 6.92 Å². The third kappa shape index (κ3) is 2.94. The van der Waals surface area contributed by atoms with E-state index < -0.39 is 6.03 Å². The van der Waals surface area contributed by atoms with E-state index in [4.69, 9.17) is 11.1 Å². The van der Waals surface area contributed by atoms with Crippen LogP contribution in [-0.4, -0.2) is 23.5 Å². The number of urea groups is 1. The van der Waals surface area contributed by atoms with E-state index in [1.54, 1.807) is 24.4 Å². The Labute approximate surface area is 94.0 Å². The van der Waals surface area contributed by atoms with E-state index in [1.165, 1.54) is 0 Å². The van der Waals surface area contributed by atoms with Gasteiger partial charge in [-0.3, -0.25) is 5.41 Å². The number of hydrogen-bond donors (Lipinski definition) is 3. The Hall–Kier alpha value is -2.11. The van der Waals surface area contributed by atoms with Gasteiger partial charge in [0, 0.05) is 12.7 Å². The Morgan fingerprint density at radius 1 is 1.62 bits per heavy atom. The number of rotatable bonds is 3. The van der Waals surface area contributed by atoms with Gasteiger partial charge < -0.3 is 11.1 Å². The van der Waals surface area contributed by atoms with Gasteiger partial charge in [0.1, 0.15) is 5.82 Å². The van der Waals surface area contributed by atoms with Crippen molar-refractivity contribution in [3.8, 4) is 0 Å². The minimum atomic E-state index is -0.437. The van der Waals surface area contributed by atoms with Crippen LogP contribution in [0.3, 0.4) is 0 Å². The summed E-state index contributed by atoms with van der Waals surface area (Å²) in [4.78, 5) is 16.7. The molecule has 0 fully saturated rings. The number of carbonyl (C=O) groups excluding carboxylic acids is 1. The van der Waals surface area contributed by atoms with Crippen molar-refractivity contribution in [3.05, 3.63) is 24.4 Å². The lowest BCUT2D eigenvalue weighted by Gasteiger charge is -2.19. The standard InChI is InChI=1S/C10H15N5O/c1-2-6-14-10(16)15(9(11)12)8-5-3-4-7-13-8/h3-5,7H,2,6H2,1H3,(H3,11,12)(H,14,16). The zero-order valence-corrected chi connectivity index (χ0v) is 9.10. The van der Waals surface area contributed by atoms with Crippen molar-refractivity contribution in [1.82, 2.24) is 10.3 Å². The minimum absolute atomic E-state index is 0.337.